The number of unbranched alkanes of at least 4 members (excludes halogenated alkanes) is 11. The molecule has 0 saturated carbocycles. The quantitative estimate of drug-likeness (QED) is 0.0532. The topological polar surface area (TPSA) is 21.6 Å². The van der Waals surface area contributed by atoms with Gasteiger partial charge in [0.2, 0.25) is 0 Å². The van der Waals surface area contributed by atoms with E-state index in [9.17, 15) is 0 Å². The predicted octanol–water partition coefficient (Wildman–Crippen LogP) is 11.5. The fraction of sp³-hybridized carbons (Fsp3) is 0.595. The van der Waals surface area contributed by atoms with Gasteiger partial charge >= 0.3 is 0 Å². The molecular formula is C37H59NOSSi. The zero-order chi connectivity index (χ0) is 30.0. The van der Waals surface area contributed by atoms with E-state index in [4.69, 9.17) is 22.0 Å². The second-order valence-corrected chi connectivity index (χ2v) is 18.2. The molecule has 0 fully saturated rings. The molecule has 2 rings (SSSR count). The van der Waals surface area contributed by atoms with Gasteiger partial charge < -0.3 is 4.43 Å². The van der Waals surface area contributed by atoms with Crippen LogP contribution in [0.1, 0.15) is 116 Å². The number of rotatable bonds is 20. The van der Waals surface area contributed by atoms with Crippen molar-refractivity contribution in [2.24, 2.45) is 4.99 Å². The van der Waals surface area contributed by atoms with Crippen molar-refractivity contribution in [2.75, 3.05) is 5.75 Å². The first kappa shape index (κ1) is 35.6. The fourth-order valence-electron chi connectivity index (χ4n) is 4.81. The number of thiol groups is 1. The summed E-state index contributed by atoms with van der Waals surface area (Å²) in [5.41, 5.74) is 3.26. The number of hydrogen-bond acceptors (Lipinski definition) is 3. The molecule has 4 heteroatoms. The van der Waals surface area contributed by atoms with Crippen LogP contribution in [0.25, 0.3) is 0 Å². The Morgan fingerprint density at radius 2 is 1.24 bits per heavy atom. The van der Waals surface area contributed by atoms with Crippen molar-refractivity contribution in [2.45, 2.75) is 135 Å². The van der Waals surface area contributed by atoms with Gasteiger partial charge in [0, 0.05) is 16.9 Å². The van der Waals surface area contributed by atoms with Crippen LogP contribution in [0.3, 0.4) is 0 Å². The van der Waals surface area contributed by atoms with Gasteiger partial charge in [-0.1, -0.05) is 165 Å². The molecule has 0 amide bonds. The predicted molar refractivity (Wildman–Crippen MR) is 188 cm³/mol. The van der Waals surface area contributed by atoms with Crippen molar-refractivity contribution in [1.82, 2.24) is 0 Å². The zero-order valence-electron chi connectivity index (χ0n) is 27.1. The summed E-state index contributed by atoms with van der Waals surface area (Å²) in [5, 5.41) is 0.127. The van der Waals surface area contributed by atoms with Crippen molar-refractivity contribution >= 4 is 26.7 Å². The minimum absolute atomic E-state index is 0.0727. The number of nitrogens with zero attached hydrogens (tertiary/aromatic N) is 1. The molecule has 0 bridgehead atoms. The Bertz CT molecular complexity index is 955. The van der Waals surface area contributed by atoms with E-state index >= 15 is 0 Å². The third-order valence-corrected chi connectivity index (χ3v) is 13.3. The van der Waals surface area contributed by atoms with E-state index < -0.39 is 8.32 Å². The van der Waals surface area contributed by atoms with Gasteiger partial charge in [0.25, 0.3) is 0 Å². The van der Waals surface area contributed by atoms with E-state index in [1.807, 2.05) is 0 Å². The molecule has 2 unspecified atom stereocenters. The van der Waals surface area contributed by atoms with Gasteiger partial charge in [0.05, 0.1) is 17.9 Å². The monoisotopic (exact) mass is 593 g/mol. The average molecular weight is 594 g/mol. The third kappa shape index (κ3) is 13.5. The summed E-state index contributed by atoms with van der Waals surface area (Å²) >= 11 is 4.81. The maximum absolute atomic E-state index is 7.03. The van der Waals surface area contributed by atoms with Crippen LogP contribution in [-0.4, -0.2) is 31.9 Å². The van der Waals surface area contributed by atoms with Crippen LogP contribution in [0.15, 0.2) is 77.8 Å². The molecule has 0 N–H and O–H groups in total. The molecule has 0 spiro atoms. The Balaban J connectivity index is 2.09. The lowest BCUT2D eigenvalue weighted by atomic mass is 10.0. The number of allylic oxidation sites excluding steroid dienone is 1. The van der Waals surface area contributed by atoms with Crippen LogP contribution in [0, 0.1) is 0 Å². The Morgan fingerprint density at radius 3 is 1.68 bits per heavy atom. The minimum atomic E-state index is -2.02. The van der Waals surface area contributed by atoms with Crippen molar-refractivity contribution in [3.63, 3.8) is 0 Å². The summed E-state index contributed by atoms with van der Waals surface area (Å²) in [7, 11) is -2.02. The summed E-state index contributed by atoms with van der Waals surface area (Å²) in [4.78, 5) is 5.37. The second-order valence-electron chi connectivity index (χ2n) is 13.1. The molecule has 0 radical (unpaired) electrons. The van der Waals surface area contributed by atoms with E-state index in [1.165, 1.54) is 70.6 Å². The molecule has 2 atom stereocenters. The third-order valence-electron chi connectivity index (χ3n) is 8.49. The molecule has 41 heavy (non-hydrogen) atoms. The minimum Gasteiger partial charge on any atom is -0.408 e. The van der Waals surface area contributed by atoms with Crippen LogP contribution < -0.4 is 0 Å². The van der Waals surface area contributed by atoms with Crippen LogP contribution in [0.4, 0.5) is 0 Å². The normalized spacial score (nSPS) is 13.8. The Morgan fingerprint density at radius 1 is 0.780 bits per heavy atom. The Labute approximate surface area is 260 Å². The molecule has 228 valence electrons. The molecule has 0 saturated heterocycles. The molecule has 2 aromatic carbocycles. The Hall–Kier alpha value is -1.62. The summed E-state index contributed by atoms with van der Waals surface area (Å²) in [6.07, 6.45) is 20.8. The molecule has 0 aliphatic heterocycles. The first-order valence-electron chi connectivity index (χ1n) is 16.3. The standard InChI is InChI=1S/C37H59NOSSi/c1-7-8-9-10-11-12-13-14-15-16-17-18-25-30-35(39-41(5,6)37(2,3)4)34(31-40)38-36(32-26-21-19-22-27-32)33-28-23-20-24-29-33/h19-30,34-35,40H,7-18,31H2,1-6H3/b30-25+. The van der Waals surface area contributed by atoms with Crippen molar-refractivity contribution in [3.8, 4) is 0 Å². The van der Waals surface area contributed by atoms with Gasteiger partial charge in [-0.25, -0.2) is 0 Å². The molecule has 2 nitrogen and oxygen atoms in total. The highest BCUT2D eigenvalue weighted by Gasteiger charge is 2.40. The lowest BCUT2D eigenvalue weighted by Crippen LogP contribution is -2.46. The number of hydrogen-bond donors (Lipinski definition) is 1. The van der Waals surface area contributed by atoms with E-state index in [-0.39, 0.29) is 17.2 Å². The van der Waals surface area contributed by atoms with E-state index in [2.05, 4.69) is 114 Å². The fourth-order valence-corrected chi connectivity index (χ4v) is 6.37. The second kappa shape index (κ2) is 19.5. The van der Waals surface area contributed by atoms with E-state index in [0.717, 1.165) is 23.3 Å². The van der Waals surface area contributed by atoms with Crippen molar-refractivity contribution < 1.29 is 4.43 Å². The number of aliphatic imine (C=N–C) groups is 1. The lowest BCUT2D eigenvalue weighted by molar-refractivity contribution is 0.204. The van der Waals surface area contributed by atoms with Gasteiger partial charge in [-0.3, -0.25) is 4.99 Å². The summed E-state index contributed by atoms with van der Waals surface area (Å²) in [5.74, 6) is 0.630. The summed E-state index contributed by atoms with van der Waals surface area (Å²) < 4.78 is 7.03. The van der Waals surface area contributed by atoms with Gasteiger partial charge in [0.1, 0.15) is 0 Å². The molecule has 0 aliphatic carbocycles. The lowest BCUT2D eigenvalue weighted by Gasteiger charge is -2.40. The maximum Gasteiger partial charge on any atom is 0.192 e. The van der Waals surface area contributed by atoms with Crippen molar-refractivity contribution in [1.29, 1.82) is 0 Å². The highest BCUT2D eigenvalue weighted by atomic mass is 32.1. The highest BCUT2D eigenvalue weighted by molar-refractivity contribution is 7.80. The summed E-state index contributed by atoms with van der Waals surface area (Å²) in [6, 6.07) is 21.0. The van der Waals surface area contributed by atoms with Crippen LogP contribution in [0.5, 0.6) is 0 Å². The number of benzene rings is 2. The first-order valence-corrected chi connectivity index (χ1v) is 19.9. The van der Waals surface area contributed by atoms with E-state index in [0.29, 0.717) is 5.75 Å². The Kier molecular flexibility index (Phi) is 17.0. The molecule has 0 heterocycles. The molecule has 0 aromatic heterocycles. The van der Waals surface area contributed by atoms with Gasteiger partial charge in [0.15, 0.2) is 8.32 Å². The largest absolute Gasteiger partial charge is 0.408 e. The van der Waals surface area contributed by atoms with Crippen LogP contribution >= 0.6 is 12.6 Å². The molecule has 2 aromatic rings. The highest BCUT2D eigenvalue weighted by Crippen LogP contribution is 2.38. The van der Waals surface area contributed by atoms with Gasteiger partial charge in [-0.05, 0) is 31.0 Å². The first-order chi connectivity index (χ1) is 19.7. The van der Waals surface area contributed by atoms with Gasteiger partial charge in [-0.15, -0.1) is 0 Å². The maximum atomic E-state index is 7.03. The van der Waals surface area contributed by atoms with Crippen LogP contribution in [0.2, 0.25) is 18.1 Å². The van der Waals surface area contributed by atoms with Crippen molar-refractivity contribution in [3.05, 3.63) is 83.9 Å². The molecular weight excluding hydrogens is 535 g/mol. The summed E-state index contributed by atoms with van der Waals surface area (Å²) in [6.45, 7) is 13.9. The van der Waals surface area contributed by atoms with E-state index in [1.54, 1.807) is 0 Å². The molecule has 0 aliphatic rings. The average Bonchev–Trinajstić information content (AvgIpc) is 2.96. The zero-order valence-corrected chi connectivity index (χ0v) is 29.0. The smallest absolute Gasteiger partial charge is 0.192 e. The van der Waals surface area contributed by atoms with Gasteiger partial charge in [-0.2, -0.15) is 12.6 Å². The SMILES string of the molecule is CCCCCCCCCCCCC/C=C/C(O[Si](C)(C)C(C)(C)C)C(CS)N=C(c1ccccc1)c1ccccc1. The van der Waals surface area contributed by atoms with Crippen LogP contribution in [-0.2, 0) is 4.43 Å².